The molecule has 0 aliphatic carbocycles. The minimum atomic E-state index is 0.489. The molecule has 1 aromatic heterocycles. The quantitative estimate of drug-likeness (QED) is 0.780. The van der Waals surface area contributed by atoms with E-state index in [4.69, 9.17) is 16.0 Å². The molecule has 4 nitrogen and oxygen atoms in total. The lowest BCUT2D eigenvalue weighted by Crippen LogP contribution is -2.16. The van der Waals surface area contributed by atoms with Crippen LogP contribution in [0.3, 0.4) is 0 Å². The molecule has 0 radical (unpaired) electrons. The van der Waals surface area contributed by atoms with Crippen LogP contribution in [0.1, 0.15) is 17.0 Å². The summed E-state index contributed by atoms with van der Waals surface area (Å²) in [6, 6.07) is 8.91. The second-order valence-corrected chi connectivity index (χ2v) is 4.64. The lowest BCUT2D eigenvalue weighted by atomic mass is 10.1. The average Bonchev–Trinajstić information content (AvgIpc) is 2.81. The highest BCUT2D eigenvalue weighted by Gasteiger charge is 2.10. The number of aryl methyl sites for hydroxylation is 2. The zero-order valence-corrected chi connectivity index (χ0v) is 11.3. The van der Waals surface area contributed by atoms with E-state index >= 15 is 0 Å². The molecule has 0 fully saturated rings. The Kier molecular flexibility index (Phi) is 4.20. The third kappa shape index (κ3) is 3.23. The summed E-state index contributed by atoms with van der Waals surface area (Å²) in [5, 5.41) is 7.94. The molecule has 1 heterocycles. The number of aromatic nitrogens is 2. The molecule has 18 heavy (non-hydrogen) atoms. The maximum absolute atomic E-state index is 5.63. The topological polar surface area (TPSA) is 42.2 Å². The Balaban J connectivity index is 2.02. The SMILES string of the molecule is Cc1ccc(CN(C)c2nnc(CCCl)o2)cc1. The molecule has 5 heteroatoms. The summed E-state index contributed by atoms with van der Waals surface area (Å²) in [5.74, 6) is 1.07. The molecule has 0 spiro atoms. The first-order chi connectivity index (χ1) is 8.69. The van der Waals surface area contributed by atoms with Crippen molar-refractivity contribution in [1.82, 2.24) is 10.2 Å². The third-order valence-corrected chi connectivity index (χ3v) is 2.82. The van der Waals surface area contributed by atoms with Crippen molar-refractivity contribution in [3.63, 3.8) is 0 Å². The predicted octanol–water partition coefficient (Wildman–Crippen LogP) is 2.80. The van der Waals surface area contributed by atoms with E-state index < -0.39 is 0 Å². The molecule has 0 atom stereocenters. The maximum Gasteiger partial charge on any atom is 0.318 e. The minimum absolute atomic E-state index is 0.489. The summed E-state index contributed by atoms with van der Waals surface area (Å²) in [7, 11) is 1.93. The van der Waals surface area contributed by atoms with Gasteiger partial charge in [0.15, 0.2) is 0 Å². The van der Waals surface area contributed by atoms with Crippen LogP contribution >= 0.6 is 11.6 Å². The fourth-order valence-electron chi connectivity index (χ4n) is 1.62. The summed E-state index contributed by atoms with van der Waals surface area (Å²) in [6.07, 6.45) is 0.604. The van der Waals surface area contributed by atoms with E-state index in [1.807, 2.05) is 11.9 Å². The zero-order chi connectivity index (χ0) is 13.0. The second-order valence-electron chi connectivity index (χ2n) is 4.26. The van der Waals surface area contributed by atoms with E-state index in [0.29, 0.717) is 24.2 Å². The van der Waals surface area contributed by atoms with Crippen LogP contribution in [-0.2, 0) is 13.0 Å². The average molecular weight is 266 g/mol. The van der Waals surface area contributed by atoms with Gasteiger partial charge in [0, 0.05) is 25.9 Å². The van der Waals surface area contributed by atoms with Gasteiger partial charge in [-0.25, -0.2) is 0 Å². The van der Waals surface area contributed by atoms with Crippen molar-refractivity contribution in [2.24, 2.45) is 0 Å². The van der Waals surface area contributed by atoms with Crippen LogP contribution in [0.4, 0.5) is 6.01 Å². The Morgan fingerprint density at radius 1 is 1.22 bits per heavy atom. The first kappa shape index (κ1) is 12.9. The van der Waals surface area contributed by atoms with Crippen molar-refractivity contribution in [3.05, 3.63) is 41.3 Å². The number of hydrogen-bond donors (Lipinski definition) is 0. The van der Waals surface area contributed by atoms with Crippen molar-refractivity contribution >= 4 is 17.6 Å². The number of alkyl halides is 1. The van der Waals surface area contributed by atoms with E-state index in [0.717, 1.165) is 6.54 Å². The van der Waals surface area contributed by atoms with Gasteiger partial charge in [0.1, 0.15) is 0 Å². The number of nitrogens with zero attached hydrogens (tertiary/aromatic N) is 3. The fourth-order valence-corrected chi connectivity index (χ4v) is 1.78. The van der Waals surface area contributed by atoms with Gasteiger partial charge in [-0.2, -0.15) is 0 Å². The van der Waals surface area contributed by atoms with Gasteiger partial charge in [0.05, 0.1) is 0 Å². The smallest absolute Gasteiger partial charge is 0.318 e. The summed E-state index contributed by atoms with van der Waals surface area (Å²) >= 11 is 5.63. The van der Waals surface area contributed by atoms with Gasteiger partial charge in [0.25, 0.3) is 0 Å². The van der Waals surface area contributed by atoms with E-state index in [-0.39, 0.29) is 0 Å². The molecule has 0 saturated heterocycles. The molecule has 1 aromatic carbocycles. The van der Waals surface area contributed by atoms with E-state index in [2.05, 4.69) is 41.4 Å². The Bertz CT molecular complexity index is 495. The lowest BCUT2D eigenvalue weighted by molar-refractivity contribution is 0.495. The van der Waals surface area contributed by atoms with Crippen LogP contribution in [0.5, 0.6) is 0 Å². The van der Waals surface area contributed by atoms with Crippen LogP contribution in [0.15, 0.2) is 28.7 Å². The largest absolute Gasteiger partial charge is 0.408 e. The van der Waals surface area contributed by atoms with Gasteiger partial charge in [-0.3, -0.25) is 0 Å². The standard InChI is InChI=1S/C13H16ClN3O/c1-10-3-5-11(6-4-10)9-17(2)13-16-15-12(18-13)7-8-14/h3-6H,7-9H2,1-2H3. The molecule has 0 saturated carbocycles. The molecule has 2 aromatic rings. The van der Waals surface area contributed by atoms with Gasteiger partial charge in [-0.1, -0.05) is 34.9 Å². The molecule has 96 valence electrons. The Labute approximate surface area is 112 Å². The number of rotatable bonds is 5. The number of halogens is 1. The Morgan fingerprint density at radius 3 is 2.61 bits per heavy atom. The van der Waals surface area contributed by atoms with E-state index in [1.165, 1.54) is 11.1 Å². The number of hydrogen-bond acceptors (Lipinski definition) is 4. The van der Waals surface area contributed by atoms with Crippen LogP contribution in [-0.4, -0.2) is 23.1 Å². The molecule has 0 aliphatic heterocycles. The number of anilines is 1. The molecule has 0 aliphatic rings. The molecule has 0 unspecified atom stereocenters. The molecular weight excluding hydrogens is 250 g/mol. The molecule has 2 rings (SSSR count). The van der Waals surface area contributed by atoms with Crippen molar-refractivity contribution in [2.45, 2.75) is 19.9 Å². The first-order valence-corrected chi connectivity index (χ1v) is 6.37. The van der Waals surface area contributed by atoms with Gasteiger partial charge in [-0.05, 0) is 12.5 Å². The summed E-state index contributed by atoms with van der Waals surface area (Å²) in [4.78, 5) is 1.93. The van der Waals surface area contributed by atoms with Crippen molar-refractivity contribution in [2.75, 3.05) is 17.8 Å². The summed E-state index contributed by atoms with van der Waals surface area (Å²) in [5.41, 5.74) is 2.46. The maximum atomic E-state index is 5.63. The van der Waals surface area contributed by atoms with Gasteiger partial charge < -0.3 is 9.32 Å². The highest BCUT2D eigenvalue weighted by Crippen LogP contribution is 2.14. The zero-order valence-electron chi connectivity index (χ0n) is 10.6. The highest BCUT2D eigenvalue weighted by molar-refractivity contribution is 6.17. The van der Waals surface area contributed by atoms with Gasteiger partial charge in [-0.15, -0.1) is 16.7 Å². The molecular formula is C13H16ClN3O. The third-order valence-electron chi connectivity index (χ3n) is 2.63. The second kappa shape index (κ2) is 5.87. The van der Waals surface area contributed by atoms with Crippen LogP contribution in [0.2, 0.25) is 0 Å². The normalized spacial score (nSPS) is 10.6. The van der Waals surface area contributed by atoms with Gasteiger partial charge in [0.2, 0.25) is 5.89 Å². The molecule has 0 bridgehead atoms. The van der Waals surface area contributed by atoms with Crippen LogP contribution in [0, 0.1) is 6.92 Å². The molecule has 0 N–H and O–H groups in total. The Morgan fingerprint density at radius 2 is 1.94 bits per heavy atom. The fraction of sp³-hybridized carbons (Fsp3) is 0.385. The predicted molar refractivity (Wildman–Crippen MR) is 72.0 cm³/mol. The lowest BCUT2D eigenvalue weighted by Gasteiger charge is -2.13. The van der Waals surface area contributed by atoms with Crippen LogP contribution < -0.4 is 4.90 Å². The number of benzene rings is 1. The summed E-state index contributed by atoms with van der Waals surface area (Å²) in [6.45, 7) is 2.81. The van der Waals surface area contributed by atoms with Crippen LogP contribution in [0.25, 0.3) is 0 Å². The minimum Gasteiger partial charge on any atom is -0.408 e. The van der Waals surface area contributed by atoms with Crippen molar-refractivity contribution in [1.29, 1.82) is 0 Å². The van der Waals surface area contributed by atoms with Crippen molar-refractivity contribution < 1.29 is 4.42 Å². The first-order valence-electron chi connectivity index (χ1n) is 5.84. The van der Waals surface area contributed by atoms with Crippen molar-refractivity contribution in [3.8, 4) is 0 Å². The van der Waals surface area contributed by atoms with Gasteiger partial charge >= 0.3 is 6.01 Å². The van der Waals surface area contributed by atoms with E-state index in [1.54, 1.807) is 0 Å². The highest BCUT2D eigenvalue weighted by atomic mass is 35.5. The molecule has 0 amide bonds. The summed E-state index contributed by atoms with van der Waals surface area (Å²) < 4.78 is 5.50. The Hall–Kier alpha value is -1.55. The van der Waals surface area contributed by atoms with E-state index in [9.17, 15) is 0 Å². The monoisotopic (exact) mass is 265 g/mol.